The molecule has 0 fully saturated rings. The summed E-state index contributed by atoms with van der Waals surface area (Å²) in [5.41, 5.74) is 1.30. The van der Waals surface area contributed by atoms with E-state index in [0.29, 0.717) is 0 Å². The molecule has 0 aromatic heterocycles. The third kappa shape index (κ3) is 5.83. The van der Waals surface area contributed by atoms with Gasteiger partial charge >= 0.3 is 0 Å². The van der Waals surface area contributed by atoms with Crippen molar-refractivity contribution in [3.8, 4) is 0 Å². The van der Waals surface area contributed by atoms with Gasteiger partial charge in [0.1, 0.15) is 0 Å². The van der Waals surface area contributed by atoms with Gasteiger partial charge in [0.15, 0.2) is 0 Å². The van der Waals surface area contributed by atoms with Crippen molar-refractivity contribution in [3.05, 3.63) is 11.6 Å². The summed E-state index contributed by atoms with van der Waals surface area (Å²) in [6.45, 7) is 5.10. The Bertz CT molecular complexity index is 126. The summed E-state index contributed by atoms with van der Waals surface area (Å²) in [5, 5.41) is 8.83. The average Bonchev–Trinajstić information content (AvgIpc) is 1.86. The van der Waals surface area contributed by atoms with E-state index in [2.05, 4.69) is 19.9 Å². The number of aliphatic hydroxyl groups excluding tert-OH is 1. The largest absolute Gasteiger partial charge is 0.396 e. The van der Waals surface area contributed by atoms with E-state index in [1.165, 1.54) is 5.57 Å². The molecule has 1 nitrogen and oxygen atoms in total. The normalized spacial score (nSPS) is 17.4. The summed E-state index contributed by atoms with van der Waals surface area (Å²) in [4.78, 5) is 0. The van der Waals surface area contributed by atoms with E-state index in [9.17, 15) is 0 Å². The van der Waals surface area contributed by atoms with E-state index in [-0.39, 0.29) is 5.92 Å². The first-order valence-corrected chi connectivity index (χ1v) is 3.77. The van der Waals surface area contributed by atoms with Crippen LogP contribution >= 0.6 is 0 Å². The summed E-state index contributed by atoms with van der Waals surface area (Å²) in [6.07, 6.45) is 4.01. The number of hydrogen-bond acceptors (Lipinski definition) is 1. The average molecular weight is 143 g/mol. The summed E-state index contributed by atoms with van der Waals surface area (Å²) in [7, 11) is 0. The smallest absolute Gasteiger partial charge is 0.0566 e. The molecule has 1 unspecified atom stereocenters. The minimum Gasteiger partial charge on any atom is -0.396 e. The Morgan fingerprint density at radius 2 is 2.30 bits per heavy atom. The first-order chi connectivity index (χ1) is 5.04. The summed E-state index contributed by atoms with van der Waals surface area (Å²) < 4.78 is 7.00. The maximum atomic E-state index is 8.83. The van der Waals surface area contributed by atoms with Crippen LogP contribution in [0.1, 0.15) is 35.0 Å². The summed E-state index contributed by atoms with van der Waals surface area (Å²) >= 11 is 0. The van der Waals surface area contributed by atoms with Gasteiger partial charge in [-0.25, -0.2) is 0 Å². The zero-order valence-electron chi connectivity index (χ0n) is 8.09. The Balaban J connectivity index is 3.47. The highest BCUT2D eigenvalue weighted by atomic mass is 16.3. The minimum absolute atomic E-state index is 0.0885. The van der Waals surface area contributed by atoms with Crippen LogP contribution in [0.3, 0.4) is 0 Å². The first kappa shape index (κ1) is 7.80. The lowest BCUT2D eigenvalue weighted by molar-refractivity contribution is 0.231. The van der Waals surface area contributed by atoms with Crippen molar-refractivity contribution in [3.63, 3.8) is 0 Å². The van der Waals surface area contributed by atoms with Gasteiger partial charge in [-0.1, -0.05) is 18.6 Å². The predicted molar refractivity (Wildman–Crippen MR) is 44.9 cm³/mol. The van der Waals surface area contributed by atoms with Crippen LogP contribution < -0.4 is 0 Å². The molecule has 0 saturated heterocycles. The molecule has 0 aliphatic rings. The van der Waals surface area contributed by atoms with Crippen molar-refractivity contribution in [2.24, 2.45) is 5.92 Å². The molecule has 60 valence electrons. The van der Waals surface area contributed by atoms with Crippen molar-refractivity contribution in [2.75, 3.05) is 6.58 Å². The van der Waals surface area contributed by atoms with Crippen LogP contribution in [-0.2, 0) is 0 Å². The molecule has 0 heterocycles. The second kappa shape index (κ2) is 5.48. The van der Waals surface area contributed by atoms with Crippen LogP contribution in [-0.4, -0.2) is 11.7 Å². The molecule has 0 rings (SSSR count). The van der Waals surface area contributed by atoms with Crippen LogP contribution in [0, 0.1) is 5.92 Å². The van der Waals surface area contributed by atoms with Crippen molar-refractivity contribution >= 4 is 0 Å². The minimum atomic E-state index is -0.916. The molecule has 0 aromatic carbocycles. The zero-order chi connectivity index (χ0) is 8.85. The molecule has 10 heavy (non-hydrogen) atoms. The van der Waals surface area contributed by atoms with Gasteiger partial charge in [-0.3, -0.25) is 0 Å². The Hall–Kier alpha value is -0.300. The number of allylic oxidation sites excluding steroid dienone is 2. The maximum Gasteiger partial charge on any atom is 0.0566 e. The highest BCUT2D eigenvalue weighted by Crippen LogP contribution is 2.05. The molecule has 0 aromatic rings. The van der Waals surface area contributed by atoms with Gasteiger partial charge in [-0.15, -0.1) is 0 Å². The van der Waals surface area contributed by atoms with Crippen LogP contribution in [0.25, 0.3) is 0 Å². The Morgan fingerprint density at radius 1 is 1.70 bits per heavy atom. The fourth-order valence-corrected chi connectivity index (χ4v) is 0.709. The topological polar surface area (TPSA) is 20.2 Å². The third-order valence-electron chi connectivity index (χ3n) is 1.43. The zero-order valence-corrected chi connectivity index (χ0v) is 7.09. The molecule has 1 N–H and O–H groups in total. The van der Waals surface area contributed by atoms with Crippen LogP contribution in [0.15, 0.2) is 11.6 Å². The molecule has 0 spiro atoms. The fourth-order valence-electron chi connectivity index (χ4n) is 0.709. The van der Waals surface area contributed by atoms with Gasteiger partial charge < -0.3 is 5.11 Å². The lowest BCUT2D eigenvalue weighted by Gasteiger charge is -2.03. The van der Waals surface area contributed by atoms with E-state index in [4.69, 9.17) is 6.48 Å². The van der Waals surface area contributed by atoms with Crippen molar-refractivity contribution in [1.29, 1.82) is 0 Å². The van der Waals surface area contributed by atoms with Gasteiger partial charge in [0.05, 0.1) is 1.37 Å². The van der Waals surface area contributed by atoms with Gasteiger partial charge in [-0.05, 0) is 32.6 Å². The van der Waals surface area contributed by atoms with Crippen molar-refractivity contribution in [2.45, 2.75) is 33.6 Å². The van der Waals surface area contributed by atoms with E-state index in [0.717, 1.165) is 12.8 Å². The van der Waals surface area contributed by atoms with E-state index in [1.54, 1.807) is 0 Å². The molecule has 0 radical (unpaired) electrons. The molecule has 0 aliphatic heterocycles. The lowest BCUT2D eigenvalue weighted by Crippen LogP contribution is -1.98. The van der Waals surface area contributed by atoms with Crippen molar-refractivity contribution < 1.29 is 6.48 Å². The Morgan fingerprint density at radius 3 is 2.70 bits per heavy atom. The lowest BCUT2D eigenvalue weighted by atomic mass is 10.1. The highest BCUT2D eigenvalue weighted by Gasteiger charge is 1.96. The number of aliphatic hydroxyl groups is 1. The quantitative estimate of drug-likeness (QED) is 0.599. The summed E-state index contributed by atoms with van der Waals surface area (Å²) in [5.74, 6) is 0.0885. The fraction of sp³-hybridized carbons (Fsp3) is 0.778. The molecule has 0 aliphatic carbocycles. The van der Waals surface area contributed by atoms with E-state index in [1.807, 2.05) is 6.92 Å². The summed E-state index contributed by atoms with van der Waals surface area (Å²) in [6, 6.07) is 0. The van der Waals surface area contributed by atoms with Gasteiger partial charge in [0.2, 0.25) is 0 Å². The Kier molecular flexibility index (Phi) is 4.28. The molecule has 1 heteroatoms. The van der Waals surface area contributed by atoms with Crippen LogP contribution in [0.2, 0.25) is 0 Å². The van der Waals surface area contributed by atoms with E-state index < -0.39 is 6.58 Å². The molecule has 2 atom stereocenters. The molecule has 0 saturated carbocycles. The third-order valence-corrected chi connectivity index (χ3v) is 1.43. The van der Waals surface area contributed by atoms with Gasteiger partial charge in [-0.2, -0.15) is 0 Å². The van der Waals surface area contributed by atoms with Crippen LogP contribution in [0.5, 0.6) is 0 Å². The SMILES string of the molecule is [2H][C@@H](O)C(C)CCC=C(C)C. The second-order valence-corrected chi connectivity index (χ2v) is 2.99. The molecule has 0 amide bonds. The number of rotatable bonds is 4. The standard InChI is InChI=1S/C9H18O/c1-8(2)5-4-6-9(3)7-10/h5,9-10H,4,6-7H2,1-3H3/i7D/t7-,9?/m1/s1. The van der Waals surface area contributed by atoms with E-state index >= 15 is 0 Å². The Labute approximate surface area is 65.2 Å². The first-order valence-electron chi connectivity index (χ1n) is 4.35. The van der Waals surface area contributed by atoms with Crippen LogP contribution in [0.4, 0.5) is 0 Å². The second-order valence-electron chi connectivity index (χ2n) is 2.99. The number of hydrogen-bond donors (Lipinski definition) is 1. The molecule has 0 bridgehead atoms. The monoisotopic (exact) mass is 143 g/mol. The van der Waals surface area contributed by atoms with Gasteiger partial charge in [0, 0.05) is 6.58 Å². The van der Waals surface area contributed by atoms with Gasteiger partial charge in [0.25, 0.3) is 0 Å². The molecular weight excluding hydrogens is 124 g/mol. The van der Waals surface area contributed by atoms with Crippen molar-refractivity contribution in [1.82, 2.24) is 0 Å². The molecular formula is C9H18O. The predicted octanol–water partition coefficient (Wildman–Crippen LogP) is 2.36. The highest BCUT2D eigenvalue weighted by molar-refractivity contribution is 4.92. The maximum absolute atomic E-state index is 8.83.